The van der Waals surface area contributed by atoms with E-state index in [9.17, 15) is 4.79 Å². The fourth-order valence-corrected chi connectivity index (χ4v) is 22.1. The van der Waals surface area contributed by atoms with Crippen LogP contribution in [0.15, 0.2) is 42.0 Å². The van der Waals surface area contributed by atoms with Crippen molar-refractivity contribution < 1.29 is 14.3 Å². The fourth-order valence-electron chi connectivity index (χ4n) is 6.78. The second-order valence-corrected chi connectivity index (χ2v) is 27.3. The van der Waals surface area contributed by atoms with Crippen LogP contribution < -0.4 is 19.0 Å². The molecule has 2 saturated heterocycles. The van der Waals surface area contributed by atoms with E-state index in [1.807, 2.05) is 37.5 Å². The Balaban J connectivity index is 1.80. The first kappa shape index (κ1) is 37.4. The van der Waals surface area contributed by atoms with Gasteiger partial charge in [0.15, 0.2) is 0 Å². The molecule has 4 rings (SSSR count). The summed E-state index contributed by atoms with van der Waals surface area (Å²) in [5, 5.41) is 0. The summed E-state index contributed by atoms with van der Waals surface area (Å²) >= 11 is -3.03. The Bertz CT molecular complexity index is 1350. The quantitative estimate of drug-likeness (QED) is 0.180. The summed E-state index contributed by atoms with van der Waals surface area (Å²) in [6.07, 6.45) is 10.7. The average Bonchev–Trinajstić information content (AvgIpc) is 3.03. The van der Waals surface area contributed by atoms with Crippen LogP contribution >= 0.6 is 0 Å². The number of benzene rings is 1. The van der Waals surface area contributed by atoms with Crippen LogP contribution in [0.3, 0.4) is 0 Å². The maximum atomic E-state index is 14.2. The predicted molar refractivity (Wildman–Crippen MR) is 198 cm³/mol. The Labute approximate surface area is 287 Å². The van der Waals surface area contributed by atoms with Crippen molar-refractivity contribution in [3.63, 3.8) is 0 Å². The number of nitrogens with zero attached hydrogens (tertiary/aromatic N) is 6. The van der Waals surface area contributed by atoms with Crippen molar-refractivity contribution >= 4 is 51.6 Å². The Hall–Kier alpha value is -2.37. The third-order valence-electron chi connectivity index (χ3n) is 9.62. The van der Waals surface area contributed by atoms with Crippen LogP contribution in [0.1, 0.15) is 80.1 Å². The van der Waals surface area contributed by atoms with Crippen molar-refractivity contribution in [2.75, 3.05) is 56.2 Å². The zero-order chi connectivity index (χ0) is 34.0. The molecule has 2 aliphatic rings. The van der Waals surface area contributed by atoms with E-state index in [-0.39, 0.29) is 0 Å². The molecule has 260 valence electrons. The van der Waals surface area contributed by atoms with Gasteiger partial charge in [-0.25, -0.2) is 0 Å². The van der Waals surface area contributed by atoms with Gasteiger partial charge in [-0.2, -0.15) is 0 Å². The molecule has 9 nitrogen and oxygen atoms in total. The number of carbonyl (C=O) groups excluding carboxylic acids is 1. The van der Waals surface area contributed by atoms with E-state index in [0.717, 1.165) is 50.8 Å². The van der Waals surface area contributed by atoms with E-state index in [0.29, 0.717) is 17.3 Å². The van der Waals surface area contributed by atoms with Crippen molar-refractivity contribution in [3.8, 4) is 0 Å². The zero-order valence-electron chi connectivity index (χ0n) is 30.3. The topological polar surface area (TPSA) is 75.4 Å². The first-order valence-electron chi connectivity index (χ1n) is 18.0. The summed E-state index contributed by atoms with van der Waals surface area (Å²) in [5.74, 6) is 0.522. The number of carbonyl (C=O) groups is 1. The molecule has 0 N–H and O–H groups in total. The third-order valence-corrected chi connectivity index (χ3v) is 24.6. The molecule has 0 saturated carbocycles. The summed E-state index contributed by atoms with van der Waals surface area (Å²) in [5.41, 5.74) is 1.79. The first-order valence-corrected chi connectivity index (χ1v) is 25.5. The molecule has 2 aliphatic heterocycles. The minimum atomic E-state index is -3.03. The van der Waals surface area contributed by atoms with Gasteiger partial charge in [-0.15, -0.1) is 0 Å². The SMILES string of the molecule is C=Cn1c[c]([Sn]([CH2]CCC)([CH2]CCC)[CH2]CCC)nc(N(C(=O)OC(C)(C)C)c2ccc(N3CCN(C4COC4)CC3)cc2)c1=NC. The van der Waals surface area contributed by atoms with Gasteiger partial charge in [0.2, 0.25) is 0 Å². The van der Waals surface area contributed by atoms with E-state index in [4.69, 9.17) is 14.5 Å². The molecule has 10 heteroatoms. The standard InChI is InChI=1S/C25H33N6O3.3C4H9.Sn/c1-6-28-12-11-27-23(22(28)26-5)31(24(32)34-25(2,3)4)20-9-7-19(8-10-20)29-13-15-30(16-14-29)21-17-33-18-21;3*1-3-4-2;/h6-10,12,21H,1,13-18H2,2-5H3;3*1,3-4H2,2H3;. The molecule has 1 aromatic carbocycles. The number of unbranched alkanes of at least 4 members (excludes halogenated alkanes) is 3. The number of aromatic nitrogens is 2. The molecule has 0 radical (unpaired) electrons. The van der Waals surface area contributed by atoms with Gasteiger partial charge in [0.1, 0.15) is 0 Å². The Morgan fingerprint density at radius 3 is 2.04 bits per heavy atom. The molecular weight excluding hydrogens is 695 g/mol. The predicted octanol–water partition coefficient (Wildman–Crippen LogP) is 7.16. The van der Waals surface area contributed by atoms with Crippen LogP contribution in [0.4, 0.5) is 22.0 Å². The number of hydrogen-bond donors (Lipinski definition) is 0. The van der Waals surface area contributed by atoms with Crippen molar-refractivity contribution in [1.29, 1.82) is 0 Å². The van der Waals surface area contributed by atoms with Crippen LogP contribution in [-0.2, 0) is 9.47 Å². The maximum absolute atomic E-state index is 14.2. The van der Waals surface area contributed by atoms with Crippen LogP contribution in [0.5, 0.6) is 0 Å². The molecule has 1 amide bonds. The van der Waals surface area contributed by atoms with Crippen LogP contribution in [0, 0.1) is 0 Å². The Morgan fingerprint density at radius 2 is 1.60 bits per heavy atom. The van der Waals surface area contributed by atoms with Crippen LogP contribution in [0.2, 0.25) is 13.3 Å². The molecule has 0 unspecified atom stereocenters. The van der Waals surface area contributed by atoms with Crippen LogP contribution in [0.25, 0.3) is 6.20 Å². The minimum absolute atomic E-state index is 0.455. The second-order valence-electron chi connectivity index (χ2n) is 14.2. The summed E-state index contributed by atoms with van der Waals surface area (Å²) in [4.78, 5) is 31.0. The fraction of sp³-hybridized carbons (Fsp3) is 0.649. The van der Waals surface area contributed by atoms with Gasteiger partial charge in [-0.3, -0.25) is 0 Å². The average molecular weight is 756 g/mol. The molecule has 0 bridgehead atoms. The number of amides is 1. The monoisotopic (exact) mass is 756 g/mol. The summed E-state index contributed by atoms with van der Waals surface area (Å²) in [6.45, 7) is 22.4. The molecule has 2 fully saturated rings. The third kappa shape index (κ3) is 9.41. The number of ether oxygens (including phenoxy) is 2. The van der Waals surface area contributed by atoms with Gasteiger partial charge in [0, 0.05) is 0 Å². The molecule has 47 heavy (non-hydrogen) atoms. The second kappa shape index (κ2) is 17.3. The van der Waals surface area contributed by atoms with Gasteiger partial charge in [-0.05, 0) is 0 Å². The van der Waals surface area contributed by atoms with Gasteiger partial charge in [0.05, 0.1) is 19.3 Å². The van der Waals surface area contributed by atoms with Crippen molar-refractivity contribution in [2.45, 2.75) is 105 Å². The molecule has 2 aromatic rings. The summed E-state index contributed by atoms with van der Waals surface area (Å²) < 4.78 is 18.5. The van der Waals surface area contributed by atoms with Crippen LogP contribution in [-0.4, -0.2) is 97.0 Å². The molecule has 1 aromatic heterocycles. The van der Waals surface area contributed by atoms with Gasteiger partial charge in [0.25, 0.3) is 0 Å². The zero-order valence-corrected chi connectivity index (χ0v) is 33.1. The van der Waals surface area contributed by atoms with E-state index in [2.05, 4.69) is 60.5 Å². The van der Waals surface area contributed by atoms with Crippen molar-refractivity contribution in [1.82, 2.24) is 14.5 Å². The Kier molecular flexibility index (Phi) is 13.8. The number of piperazine rings is 1. The van der Waals surface area contributed by atoms with Gasteiger partial charge < -0.3 is 4.74 Å². The normalized spacial score (nSPS) is 16.7. The van der Waals surface area contributed by atoms with Crippen molar-refractivity contribution in [2.24, 2.45) is 4.99 Å². The molecular formula is C37H60N6O3Sn. The van der Waals surface area contributed by atoms with E-state index in [1.54, 1.807) is 18.1 Å². The van der Waals surface area contributed by atoms with Gasteiger partial charge >= 0.3 is 265 Å². The Morgan fingerprint density at radius 1 is 1.02 bits per heavy atom. The van der Waals surface area contributed by atoms with Crippen molar-refractivity contribution in [3.05, 3.63) is 42.5 Å². The summed E-state index contributed by atoms with van der Waals surface area (Å²) in [7, 11) is 1.76. The summed E-state index contributed by atoms with van der Waals surface area (Å²) in [6, 6.07) is 8.86. The molecule has 0 atom stereocenters. The molecule has 0 spiro atoms. The molecule has 0 aliphatic carbocycles. The number of anilines is 3. The number of rotatable bonds is 15. The van der Waals surface area contributed by atoms with E-state index < -0.39 is 30.1 Å². The molecule has 3 heterocycles. The number of hydrogen-bond acceptors (Lipinski definition) is 7. The van der Waals surface area contributed by atoms with E-state index in [1.165, 1.54) is 55.5 Å². The first-order chi connectivity index (χ1) is 22.6. The van der Waals surface area contributed by atoms with E-state index >= 15 is 0 Å². The van der Waals surface area contributed by atoms with Gasteiger partial charge in [-0.1, -0.05) is 0 Å².